The van der Waals surface area contributed by atoms with Gasteiger partial charge in [-0.25, -0.2) is 0 Å². The van der Waals surface area contributed by atoms with Crippen molar-refractivity contribution in [2.24, 2.45) is 5.92 Å². The molecule has 1 aliphatic heterocycles. The van der Waals surface area contributed by atoms with Gasteiger partial charge >= 0.3 is 0 Å². The third kappa shape index (κ3) is 2.69. The van der Waals surface area contributed by atoms with Crippen LogP contribution in [0.5, 0.6) is 0 Å². The molecule has 0 saturated heterocycles. The number of amides is 1. The number of carbonyl (C=O) groups is 1. The number of H-pyrrole nitrogens is 1. The molecule has 0 fully saturated rings. The molecule has 4 rings (SSSR count). The largest absolute Gasteiger partial charge is 0.356 e. The number of hydrogen-bond donors (Lipinski definition) is 1. The van der Waals surface area contributed by atoms with Crippen LogP contribution in [0.2, 0.25) is 0 Å². The maximum absolute atomic E-state index is 13.2. The van der Waals surface area contributed by atoms with Crippen LogP contribution in [-0.4, -0.2) is 22.3 Å². The molecule has 1 aromatic heterocycles. The molecule has 1 N–H and O–H groups in total. The number of para-hydroxylation sites is 1. The van der Waals surface area contributed by atoms with Gasteiger partial charge in [0.05, 0.1) is 11.6 Å². The lowest BCUT2D eigenvalue weighted by molar-refractivity contribution is 0.0597. The van der Waals surface area contributed by atoms with Crippen LogP contribution in [0.3, 0.4) is 0 Å². The zero-order chi connectivity index (χ0) is 17.6. The monoisotopic (exact) mass is 396 g/mol. The third-order valence-corrected chi connectivity index (χ3v) is 5.77. The predicted octanol–water partition coefficient (Wildman–Crippen LogP) is 5.33. The number of nitrogens with one attached hydrogen (secondary N) is 1. The van der Waals surface area contributed by atoms with Crippen molar-refractivity contribution in [2.75, 3.05) is 6.54 Å². The molecule has 0 unspecified atom stereocenters. The van der Waals surface area contributed by atoms with Crippen LogP contribution in [0.1, 0.15) is 41.5 Å². The Balaban J connectivity index is 1.80. The number of nitrogens with zero attached hydrogens (tertiary/aromatic N) is 1. The first-order chi connectivity index (χ1) is 12.1. The highest BCUT2D eigenvalue weighted by atomic mass is 79.9. The molecule has 0 aliphatic carbocycles. The Morgan fingerprint density at radius 2 is 1.88 bits per heavy atom. The Kier molecular flexibility index (Phi) is 4.16. The molecule has 3 nitrogen and oxygen atoms in total. The van der Waals surface area contributed by atoms with Crippen molar-refractivity contribution in [1.82, 2.24) is 9.88 Å². The van der Waals surface area contributed by atoms with Gasteiger partial charge < -0.3 is 9.88 Å². The van der Waals surface area contributed by atoms with Gasteiger partial charge in [0, 0.05) is 27.6 Å². The minimum Gasteiger partial charge on any atom is -0.356 e. The second-order valence-corrected chi connectivity index (χ2v) is 7.83. The average Bonchev–Trinajstić information content (AvgIpc) is 2.99. The number of hydrogen-bond acceptors (Lipinski definition) is 1. The van der Waals surface area contributed by atoms with E-state index >= 15 is 0 Å². The normalized spacial score (nSPS) is 17.1. The van der Waals surface area contributed by atoms with E-state index in [0.29, 0.717) is 5.92 Å². The second kappa shape index (κ2) is 6.34. The number of aromatic nitrogens is 1. The fourth-order valence-corrected chi connectivity index (χ4v) is 4.43. The molecule has 0 bridgehead atoms. The molecule has 1 aliphatic rings. The molecule has 4 heteroatoms. The van der Waals surface area contributed by atoms with E-state index in [-0.39, 0.29) is 11.9 Å². The van der Waals surface area contributed by atoms with Gasteiger partial charge in [-0.05, 0) is 52.0 Å². The quantitative estimate of drug-likeness (QED) is 0.624. The Labute approximate surface area is 156 Å². The standard InChI is InChI=1S/C21H21BrN2O/c1-13(2)20-19-15(14-7-4-6-10-18(14)23-19)11-12-24(20)21(25)16-8-3-5-9-17(16)22/h3-10,13,20,23H,11-12H2,1-2H3/t20-/m1/s1. The summed E-state index contributed by atoms with van der Waals surface area (Å²) in [6.45, 7) is 5.12. The molecule has 1 amide bonds. The Hall–Kier alpha value is -2.07. The van der Waals surface area contributed by atoms with Gasteiger partial charge in [-0.3, -0.25) is 4.79 Å². The number of halogens is 1. The van der Waals surface area contributed by atoms with E-state index in [2.05, 4.69) is 59.0 Å². The molecular formula is C21H21BrN2O. The van der Waals surface area contributed by atoms with Crippen molar-refractivity contribution in [2.45, 2.75) is 26.3 Å². The molecule has 128 valence electrons. The van der Waals surface area contributed by atoms with E-state index < -0.39 is 0 Å². The first kappa shape index (κ1) is 16.4. The molecule has 2 aromatic carbocycles. The second-order valence-electron chi connectivity index (χ2n) is 6.98. The lowest BCUT2D eigenvalue weighted by Gasteiger charge is -2.38. The summed E-state index contributed by atoms with van der Waals surface area (Å²) in [7, 11) is 0. The van der Waals surface area contributed by atoms with Gasteiger partial charge in [0.1, 0.15) is 0 Å². The minimum atomic E-state index is 0.0655. The van der Waals surface area contributed by atoms with Crippen LogP contribution in [-0.2, 0) is 6.42 Å². The van der Waals surface area contributed by atoms with E-state index in [1.165, 1.54) is 16.6 Å². The summed E-state index contributed by atoms with van der Waals surface area (Å²) in [5, 5.41) is 1.29. The highest BCUT2D eigenvalue weighted by molar-refractivity contribution is 9.10. The number of aromatic amines is 1. The predicted molar refractivity (Wildman–Crippen MR) is 105 cm³/mol. The molecule has 0 spiro atoms. The van der Waals surface area contributed by atoms with Crippen LogP contribution >= 0.6 is 15.9 Å². The summed E-state index contributed by atoms with van der Waals surface area (Å²) in [5.74, 6) is 0.425. The summed E-state index contributed by atoms with van der Waals surface area (Å²) < 4.78 is 0.852. The van der Waals surface area contributed by atoms with E-state index in [1.807, 2.05) is 29.2 Å². The lowest BCUT2D eigenvalue weighted by atomic mass is 9.90. The molecule has 2 heterocycles. The highest BCUT2D eigenvalue weighted by Gasteiger charge is 2.35. The Morgan fingerprint density at radius 1 is 1.16 bits per heavy atom. The van der Waals surface area contributed by atoms with Crippen molar-refractivity contribution in [1.29, 1.82) is 0 Å². The summed E-state index contributed by atoms with van der Waals surface area (Å²) in [4.78, 5) is 18.9. The summed E-state index contributed by atoms with van der Waals surface area (Å²) >= 11 is 3.53. The van der Waals surface area contributed by atoms with Crippen molar-refractivity contribution < 1.29 is 4.79 Å². The van der Waals surface area contributed by atoms with Gasteiger partial charge in [-0.2, -0.15) is 0 Å². The van der Waals surface area contributed by atoms with E-state index in [4.69, 9.17) is 0 Å². The van der Waals surface area contributed by atoms with Gasteiger partial charge in [0.2, 0.25) is 0 Å². The maximum Gasteiger partial charge on any atom is 0.255 e. The molecule has 1 atom stereocenters. The highest BCUT2D eigenvalue weighted by Crippen LogP contribution is 2.39. The number of rotatable bonds is 2. The number of fused-ring (bicyclic) bond motifs is 3. The van der Waals surface area contributed by atoms with Crippen LogP contribution in [0.4, 0.5) is 0 Å². The van der Waals surface area contributed by atoms with E-state index in [9.17, 15) is 4.79 Å². The van der Waals surface area contributed by atoms with Crippen molar-refractivity contribution in [3.63, 3.8) is 0 Å². The number of carbonyl (C=O) groups excluding carboxylic acids is 1. The maximum atomic E-state index is 13.2. The molecule has 3 aromatic rings. The third-order valence-electron chi connectivity index (χ3n) is 5.08. The van der Waals surface area contributed by atoms with E-state index in [1.54, 1.807) is 0 Å². The molecule has 0 saturated carbocycles. The Bertz CT molecular complexity index is 944. The van der Waals surface area contributed by atoms with Gasteiger partial charge in [0.15, 0.2) is 0 Å². The fraction of sp³-hybridized carbons (Fsp3) is 0.286. The average molecular weight is 397 g/mol. The lowest BCUT2D eigenvalue weighted by Crippen LogP contribution is -2.42. The van der Waals surface area contributed by atoms with Crippen molar-refractivity contribution in [3.8, 4) is 0 Å². The summed E-state index contributed by atoms with van der Waals surface area (Å²) in [6, 6.07) is 16.2. The van der Waals surface area contributed by atoms with Gasteiger partial charge in [0.25, 0.3) is 5.91 Å². The zero-order valence-corrected chi connectivity index (χ0v) is 16.0. The Morgan fingerprint density at radius 3 is 2.64 bits per heavy atom. The van der Waals surface area contributed by atoms with Crippen LogP contribution in [0.15, 0.2) is 53.0 Å². The first-order valence-corrected chi connectivity index (χ1v) is 9.52. The van der Waals surface area contributed by atoms with Crippen LogP contribution in [0.25, 0.3) is 10.9 Å². The molecule has 25 heavy (non-hydrogen) atoms. The summed E-state index contributed by atoms with van der Waals surface area (Å²) in [5.41, 5.74) is 4.45. The minimum absolute atomic E-state index is 0.0655. The van der Waals surface area contributed by atoms with Crippen LogP contribution in [0, 0.1) is 5.92 Å². The zero-order valence-electron chi connectivity index (χ0n) is 14.4. The van der Waals surface area contributed by atoms with Crippen LogP contribution < -0.4 is 0 Å². The van der Waals surface area contributed by atoms with Gasteiger partial charge in [-0.15, -0.1) is 0 Å². The molecule has 0 radical (unpaired) electrons. The van der Waals surface area contributed by atoms with Crippen molar-refractivity contribution >= 4 is 32.7 Å². The number of benzene rings is 2. The summed E-state index contributed by atoms with van der Waals surface area (Å²) in [6.07, 6.45) is 0.888. The van der Waals surface area contributed by atoms with E-state index in [0.717, 1.165) is 28.5 Å². The van der Waals surface area contributed by atoms with Crippen molar-refractivity contribution in [3.05, 3.63) is 69.8 Å². The topological polar surface area (TPSA) is 36.1 Å². The fourth-order valence-electron chi connectivity index (χ4n) is 3.98. The molecular weight excluding hydrogens is 376 g/mol. The smallest absolute Gasteiger partial charge is 0.255 e. The SMILES string of the molecule is CC(C)[C@@H]1c2[nH]c3ccccc3c2CCN1C(=O)c1ccccc1Br. The van der Waals surface area contributed by atoms with Gasteiger partial charge in [-0.1, -0.05) is 44.2 Å². The first-order valence-electron chi connectivity index (χ1n) is 8.73.